The summed E-state index contributed by atoms with van der Waals surface area (Å²) in [4.78, 5) is 11.6. The van der Waals surface area contributed by atoms with Gasteiger partial charge in [0.2, 0.25) is 0 Å². The quantitative estimate of drug-likeness (QED) is 0.796. The fourth-order valence-corrected chi connectivity index (χ4v) is 2.59. The molecule has 0 radical (unpaired) electrons. The molecule has 0 heterocycles. The van der Waals surface area contributed by atoms with E-state index in [9.17, 15) is 4.79 Å². The highest BCUT2D eigenvalue weighted by molar-refractivity contribution is 5.81. The van der Waals surface area contributed by atoms with Crippen molar-refractivity contribution in [3.05, 3.63) is 35.4 Å². The molecular formula is C14H19NO2. The van der Waals surface area contributed by atoms with Gasteiger partial charge < -0.3 is 10.5 Å². The van der Waals surface area contributed by atoms with E-state index in [0.717, 1.165) is 6.42 Å². The fraction of sp³-hybridized carbons (Fsp3) is 0.500. The lowest BCUT2D eigenvalue weighted by Crippen LogP contribution is -2.46. The number of esters is 1. The molecule has 1 fully saturated rings. The van der Waals surface area contributed by atoms with Gasteiger partial charge in [-0.05, 0) is 37.7 Å². The van der Waals surface area contributed by atoms with Crippen molar-refractivity contribution < 1.29 is 9.53 Å². The second-order valence-electron chi connectivity index (χ2n) is 5.00. The standard InChI is InChI=1S/C14H19NO2/c1-10-3-5-11(6-4-10)12-7-8-14(15,9-12)13(16)17-2/h3-6,12H,7-9,15H2,1-2H3/t12-,14+/m0/s1. The summed E-state index contributed by atoms with van der Waals surface area (Å²) >= 11 is 0. The second-order valence-corrected chi connectivity index (χ2v) is 5.00. The van der Waals surface area contributed by atoms with Crippen LogP contribution in [0.2, 0.25) is 0 Å². The van der Waals surface area contributed by atoms with Crippen molar-refractivity contribution in [1.82, 2.24) is 0 Å². The van der Waals surface area contributed by atoms with Gasteiger partial charge in [-0.1, -0.05) is 29.8 Å². The van der Waals surface area contributed by atoms with Crippen LogP contribution in [-0.2, 0) is 9.53 Å². The number of hydrogen-bond donors (Lipinski definition) is 1. The van der Waals surface area contributed by atoms with E-state index in [1.165, 1.54) is 18.2 Å². The van der Waals surface area contributed by atoms with Gasteiger partial charge in [-0.3, -0.25) is 4.79 Å². The Morgan fingerprint density at radius 2 is 2.06 bits per heavy atom. The number of carbonyl (C=O) groups excluding carboxylic acids is 1. The largest absolute Gasteiger partial charge is 0.468 e. The third kappa shape index (κ3) is 2.34. The summed E-state index contributed by atoms with van der Waals surface area (Å²) < 4.78 is 4.78. The molecule has 2 N–H and O–H groups in total. The maximum absolute atomic E-state index is 11.6. The van der Waals surface area contributed by atoms with Crippen LogP contribution in [0.15, 0.2) is 24.3 Å². The van der Waals surface area contributed by atoms with Crippen LogP contribution in [0.5, 0.6) is 0 Å². The number of carbonyl (C=O) groups is 1. The Balaban J connectivity index is 2.12. The molecule has 0 unspecified atom stereocenters. The summed E-state index contributed by atoms with van der Waals surface area (Å²) in [5.74, 6) is 0.0896. The van der Waals surface area contributed by atoms with E-state index in [-0.39, 0.29) is 5.97 Å². The van der Waals surface area contributed by atoms with Gasteiger partial charge in [-0.15, -0.1) is 0 Å². The van der Waals surface area contributed by atoms with Crippen LogP contribution in [0.3, 0.4) is 0 Å². The molecule has 1 aromatic carbocycles. The van der Waals surface area contributed by atoms with Gasteiger partial charge in [0, 0.05) is 0 Å². The summed E-state index contributed by atoms with van der Waals surface area (Å²) in [5.41, 5.74) is 7.83. The van der Waals surface area contributed by atoms with Crippen molar-refractivity contribution in [2.24, 2.45) is 5.73 Å². The average Bonchev–Trinajstić information content (AvgIpc) is 2.73. The summed E-state index contributed by atoms with van der Waals surface area (Å²) in [6.07, 6.45) is 2.34. The first-order chi connectivity index (χ1) is 8.05. The van der Waals surface area contributed by atoms with Crippen LogP contribution in [0.25, 0.3) is 0 Å². The van der Waals surface area contributed by atoms with E-state index in [0.29, 0.717) is 18.8 Å². The molecule has 0 spiro atoms. The monoisotopic (exact) mass is 233 g/mol. The minimum absolute atomic E-state index is 0.285. The summed E-state index contributed by atoms with van der Waals surface area (Å²) in [5, 5.41) is 0. The zero-order valence-electron chi connectivity index (χ0n) is 10.4. The maximum atomic E-state index is 11.6. The first-order valence-corrected chi connectivity index (χ1v) is 5.99. The number of ether oxygens (including phenoxy) is 1. The minimum atomic E-state index is -0.787. The van der Waals surface area contributed by atoms with E-state index in [2.05, 4.69) is 31.2 Å². The number of aryl methyl sites for hydroxylation is 1. The van der Waals surface area contributed by atoms with Crippen LogP contribution < -0.4 is 5.73 Å². The van der Waals surface area contributed by atoms with Gasteiger partial charge in [-0.25, -0.2) is 0 Å². The molecule has 3 heteroatoms. The lowest BCUT2D eigenvalue weighted by atomic mass is 9.93. The summed E-state index contributed by atoms with van der Waals surface area (Å²) in [6.45, 7) is 2.07. The number of rotatable bonds is 2. The lowest BCUT2D eigenvalue weighted by Gasteiger charge is -2.20. The van der Waals surface area contributed by atoms with Crippen LogP contribution in [0, 0.1) is 6.92 Å². The zero-order valence-corrected chi connectivity index (χ0v) is 10.4. The first kappa shape index (κ1) is 12.1. The predicted molar refractivity (Wildman–Crippen MR) is 66.7 cm³/mol. The number of methoxy groups -OCH3 is 1. The van der Waals surface area contributed by atoms with Gasteiger partial charge in [0.05, 0.1) is 7.11 Å². The molecule has 1 aliphatic rings. The van der Waals surface area contributed by atoms with Crippen LogP contribution in [0.1, 0.15) is 36.3 Å². The van der Waals surface area contributed by atoms with Gasteiger partial charge in [0.1, 0.15) is 5.54 Å². The van der Waals surface area contributed by atoms with Gasteiger partial charge in [0.25, 0.3) is 0 Å². The first-order valence-electron chi connectivity index (χ1n) is 5.99. The van der Waals surface area contributed by atoms with Crippen molar-refractivity contribution >= 4 is 5.97 Å². The zero-order chi connectivity index (χ0) is 12.5. The minimum Gasteiger partial charge on any atom is -0.468 e. The van der Waals surface area contributed by atoms with Crippen molar-refractivity contribution in [3.63, 3.8) is 0 Å². The Bertz CT molecular complexity index is 413. The highest BCUT2D eigenvalue weighted by atomic mass is 16.5. The number of hydrogen-bond acceptors (Lipinski definition) is 3. The number of nitrogens with two attached hydrogens (primary N) is 1. The predicted octanol–water partition coefficient (Wildman–Crippen LogP) is 2.13. The molecule has 1 saturated carbocycles. The van der Waals surface area contributed by atoms with E-state index < -0.39 is 5.54 Å². The van der Waals surface area contributed by atoms with E-state index in [4.69, 9.17) is 10.5 Å². The smallest absolute Gasteiger partial charge is 0.325 e. The molecule has 0 aliphatic heterocycles. The molecule has 0 bridgehead atoms. The molecule has 17 heavy (non-hydrogen) atoms. The molecule has 3 nitrogen and oxygen atoms in total. The summed E-state index contributed by atoms with van der Waals surface area (Å²) in [6, 6.07) is 8.46. The highest BCUT2D eigenvalue weighted by Gasteiger charge is 2.43. The molecular weight excluding hydrogens is 214 g/mol. The third-order valence-electron chi connectivity index (χ3n) is 3.69. The Morgan fingerprint density at radius 1 is 1.41 bits per heavy atom. The normalized spacial score (nSPS) is 28.1. The third-order valence-corrected chi connectivity index (χ3v) is 3.69. The Hall–Kier alpha value is -1.35. The van der Waals surface area contributed by atoms with Crippen molar-refractivity contribution in [1.29, 1.82) is 0 Å². The van der Waals surface area contributed by atoms with E-state index in [1.807, 2.05) is 0 Å². The average molecular weight is 233 g/mol. The molecule has 0 saturated heterocycles. The molecule has 0 amide bonds. The topological polar surface area (TPSA) is 52.3 Å². The Morgan fingerprint density at radius 3 is 2.65 bits per heavy atom. The SMILES string of the molecule is COC(=O)[C@@]1(N)CC[C@H](c2ccc(C)cc2)C1. The molecule has 2 rings (SSSR count). The lowest BCUT2D eigenvalue weighted by molar-refractivity contribution is -0.146. The van der Waals surface area contributed by atoms with E-state index in [1.54, 1.807) is 0 Å². The Kier molecular flexibility index (Phi) is 3.20. The number of benzene rings is 1. The maximum Gasteiger partial charge on any atom is 0.325 e. The van der Waals surface area contributed by atoms with Crippen molar-refractivity contribution in [2.45, 2.75) is 37.6 Å². The van der Waals surface area contributed by atoms with Gasteiger partial charge >= 0.3 is 5.97 Å². The molecule has 1 aromatic rings. The second kappa shape index (κ2) is 4.49. The van der Waals surface area contributed by atoms with E-state index >= 15 is 0 Å². The Labute approximate surface area is 102 Å². The van der Waals surface area contributed by atoms with Gasteiger partial charge in [0.15, 0.2) is 0 Å². The van der Waals surface area contributed by atoms with Crippen LogP contribution in [0.4, 0.5) is 0 Å². The van der Waals surface area contributed by atoms with Crippen molar-refractivity contribution in [3.8, 4) is 0 Å². The highest BCUT2D eigenvalue weighted by Crippen LogP contribution is 2.40. The van der Waals surface area contributed by atoms with Gasteiger partial charge in [-0.2, -0.15) is 0 Å². The van der Waals surface area contributed by atoms with Crippen LogP contribution in [-0.4, -0.2) is 18.6 Å². The summed E-state index contributed by atoms with van der Waals surface area (Å²) in [7, 11) is 1.40. The molecule has 2 atom stereocenters. The van der Waals surface area contributed by atoms with Crippen LogP contribution >= 0.6 is 0 Å². The van der Waals surface area contributed by atoms with Crippen molar-refractivity contribution in [2.75, 3.05) is 7.11 Å². The molecule has 0 aromatic heterocycles. The molecule has 92 valence electrons. The molecule has 1 aliphatic carbocycles. The fourth-order valence-electron chi connectivity index (χ4n) is 2.59.